The topological polar surface area (TPSA) is 75.4 Å². The monoisotopic (exact) mass is 386 g/mol. The van der Waals surface area contributed by atoms with Gasteiger partial charge >= 0.3 is 0 Å². The molecule has 3 heterocycles. The maximum Gasteiger partial charge on any atom is 0.290 e. The molecule has 1 aliphatic carbocycles. The quantitative estimate of drug-likeness (QED) is 0.683. The van der Waals surface area contributed by atoms with Crippen LogP contribution in [0.2, 0.25) is 0 Å². The number of nitrogens with zero attached hydrogens (tertiary/aromatic N) is 5. The van der Waals surface area contributed by atoms with Gasteiger partial charge in [-0.2, -0.15) is 4.52 Å². The molecule has 1 amide bonds. The summed E-state index contributed by atoms with van der Waals surface area (Å²) in [6.45, 7) is 5.74. The molecule has 0 saturated carbocycles. The van der Waals surface area contributed by atoms with Gasteiger partial charge in [-0.3, -0.25) is 4.79 Å². The molecular formula is C19H26N6OS. The molecule has 1 N–H and O–H groups in total. The smallest absolute Gasteiger partial charge is 0.290 e. The minimum Gasteiger partial charge on any atom is -0.349 e. The number of hydrogen-bond donors (Lipinski definition) is 1. The van der Waals surface area contributed by atoms with E-state index in [0.29, 0.717) is 12.5 Å². The SMILES string of the molecule is Cc1nc2sc3c(c2c2nc(C(=O)NCCCN(C)C)nn12)[C@@H](C)CCC3. The summed E-state index contributed by atoms with van der Waals surface area (Å²) in [4.78, 5) is 26.4. The van der Waals surface area contributed by atoms with E-state index in [2.05, 4.69) is 27.2 Å². The number of thiophene rings is 1. The zero-order valence-electron chi connectivity index (χ0n) is 16.4. The first kappa shape index (κ1) is 18.3. The van der Waals surface area contributed by atoms with Crippen LogP contribution < -0.4 is 5.32 Å². The molecule has 0 aliphatic heterocycles. The van der Waals surface area contributed by atoms with E-state index < -0.39 is 0 Å². The molecule has 27 heavy (non-hydrogen) atoms. The van der Waals surface area contributed by atoms with Crippen LogP contribution in [-0.4, -0.2) is 57.6 Å². The van der Waals surface area contributed by atoms with Crippen LogP contribution in [0, 0.1) is 6.92 Å². The lowest BCUT2D eigenvalue weighted by Crippen LogP contribution is -2.28. The third-order valence-corrected chi connectivity index (χ3v) is 6.37. The maximum atomic E-state index is 12.5. The van der Waals surface area contributed by atoms with Crippen LogP contribution in [0.3, 0.4) is 0 Å². The second-order valence-corrected chi connectivity index (χ2v) is 8.74. The van der Waals surface area contributed by atoms with Crippen molar-refractivity contribution in [1.29, 1.82) is 0 Å². The average Bonchev–Trinajstić information content (AvgIpc) is 3.20. The molecule has 1 aliphatic rings. The Balaban J connectivity index is 1.71. The molecule has 144 valence electrons. The van der Waals surface area contributed by atoms with Crippen LogP contribution >= 0.6 is 11.3 Å². The van der Waals surface area contributed by atoms with Gasteiger partial charge in [-0.1, -0.05) is 6.92 Å². The Morgan fingerprint density at radius 1 is 1.37 bits per heavy atom. The summed E-state index contributed by atoms with van der Waals surface area (Å²) in [6, 6.07) is 0. The molecule has 4 rings (SSSR count). The first-order valence-corrected chi connectivity index (χ1v) is 10.4. The van der Waals surface area contributed by atoms with Crippen LogP contribution in [-0.2, 0) is 6.42 Å². The van der Waals surface area contributed by atoms with Crippen molar-refractivity contribution >= 4 is 33.1 Å². The summed E-state index contributed by atoms with van der Waals surface area (Å²) in [6.07, 6.45) is 4.42. The molecular weight excluding hydrogens is 360 g/mol. The first-order valence-electron chi connectivity index (χ1n) is 9.57. The number of amides is 1. The molecule has 0 fully saturated rings. The van der Waals surface area contributed by atoms with Crippen LogP contribution in [0.4, 0.5) is 0 Å². The molecule has 7 nitrogen and oxygen atoms in total. The number of carbonyl (C=O) groups excluding carboxylic acids is 1. The van der Waals surface area contributed by atoms with Gasteiger partial charge < -0.3 is 10.2 Å². The van der Waals surface area contributed by atoms with Gasteiger partial charge in [-0.25, -0.2) is 9.97 Å². The summed E-state index contributed by atoms with van der Waals surface area (Å²) in [5, 5.41) is 8.47. The number of fused-ring (bicyclic) bond motifs is 5. The van der Waals surface area contributed by atoms with Crippen LogP contribution in [0.5, 0.6) is 0 Å². The lowest BCUT2D eigenvalue weighted by atomic mass is 9.87. The number of carbonyl (C=O) groups is 1. The highest BCUT2D eigenvalue weighted by molar-refractivity contribution is 7.19. The summed E-state index contributed by atoms with van der Waals surface area (Å²) in [5.74, 6) is 1.27. The Kier molecular flexibility index (Phi) is 4.86. The zero-order chi connectivity index (χ0) is 19.1. The van der Waals surface area contributed by atoms with Gasteiger partial charge in [0.1, 0.15) is 10.7 Å². The van der Waals surface area contributed by atoms with Crippen molar-refractivity contribution in [2.24, 2.45) is 0 Å². The van der Waals surface area contributed by atoms with E-state index in [0.717, 1.165) is 41.1 Å². The number of rotatable bonds is 5. The molecule has 0 unspecified atom stereocenters. The lowest BCUT2D eigenvalue weighted by molar-refractivity contribution is 0.0942. The number of aryl methyl sites for hydroxylation is 2. The van der Waals surface area contributed by atoms with Crippen molar-refractivity contribution in [3.8, 4) is 0 Å². The van der Waals surface area contributed by atoms with E-state index in [1.54, 1.807) is 15.9 Å². The van der Waals surface area contributed by atoms with Crippen LogP contribution in [0.1, 0.15) is 59.0 Å². The van der Waals surface area contributed by atoms with Crippen molar-refractivity contribution in [1.82, 2.24) is 29.8 Å². The summed E-state index contributed by atoms with van der Waals surface area (Å²) in [7, 11) is 4.05. The van der Waals surface area contributed by atoms with E-state index >= 15 is 0 Å². The predicted octanol–water partition coefficient (Wildman–Crippen LogP) is 2.77. The molecule has 0 saturated heterocycles. The highest BCUT2D eigenvalue weighted by atomic mass is 32.1. The Morgan fingerprint density at radius 2 is 2.19 bits per heavy atom. The van der Waals surface area contributed by atoms with Crippen molar-refractivity contribution < 1.29 is 4.79 Å². The van der Waals surface area contributed by atoms with Gasteiger partial charge in [0.05, 0.1) is 5.39 Å². The summed E-state index contributed by atoms with van der Waals surface area (Å²) in [5.41, 5.74) is 2.13. The van der Waals surface area contributed by atoms with Crippen molar-refractivity contribution in [3.05, 3.63) is 22.1 Å². The third kappa shape index (κ3) is 3.32. The summed E-state index contributed by atoms with van der Waals surface area (Å²) < 4.78 is 1.73. The minimum absolute atomic E-state index is 0.220. The molecule has 0 spiro atoms. The fourth-order valence-corrected chi connectivity index (χ4v) is 5.23. The molecule has 3 aromatic heterocycles. The first-order chi connectivity index (χ1) is 13.0. The second-order valence-electron chi connectivity index (χ2n) is 7.65. The highest BCUT2D eigenvalue weighted by Gasteiger charge is 2.26. The van der Waals surface area contributed by atoms with Crippen molar-refractivity contribution in [2.45, 2.75) is 45.4 Å². The fourth-order valence-electron chi connectivity index (χ4n) is 3.86. The average molecular weight is 387 g/mol. The highest BCUT2D eigenvalue weighted by Crippen LogP contribution is 2.42. The van der Waals surface area contributed by atoms with Crippen molar-refractivity contribution in [2.75, 3.05) is 27.2 Å². The van der Waals surface area contributed by atoms with Gasteiger partial charge in [0.15, 0.2) is 5.65 Å². The Morgan fingerprint density at radius 3 is 2.96 bits per heavy atom. The lowest BCUT2D eigenvalue weighted by Gasteiger charge is -2.18. The van der Waals surface area contributed by atoms with Gasteiger partial charge in [0.25, 0.3) is 5.91 Å². The van der Waals surface area contributed by atoms with Gasteiger partial charge in [-0.05, 0) is 64.7 Å². The predicted molar refractivity (Wildman–Crippen MR) is 108 cm³/mol. The Bertz CT molecular complexity index is 1000. The van der Waals surface area contributed by atoms with E-state index in [1.165, 1.54) is 23.3 Å². The molecule has 8 heteroatoms. The van der Waals surface area contributed by atoms with Gasteiger partial charge in [0.2, 0.25) is 5.82 Å². The van der Waals surface area contributed by atoms with E-state index in [4.69, 9.17) is 4.98 Å². The Hall–Kier alpha value is -2.06. The fraction of sp³-hybridized carbons (Fsp3) is 0.579. The van der Waals surface area contributed by atoms with Crippen LogP contribution in [0.15, 0.2) is 0 Å². The third-order valence-electron chi connectivity index (χ3n) is 5.21. The molecule has 1 atom stereocenters. The normalized spacial score (nSPS) is 17.0. The van der Waals surface area contributed by atoms with Gasteiger partial charge in [-0.15, -0.1) is 16.4 Å². The maximum absolute atomic E-state index is 12.5. The van der Waals surface area contributed by atoms with Gasteiger partial charge in [0, 0.05) is 11.4 Å². The molecule has 0 bridgehead atoms. The largest absolute Gasteiger partial charge is 0.349 e. The number of hydrogen-bond acceptors (Lipinski definition) is 6. The minimum atomic E-state index is -0.220. The molecule has 0 aromatic carbocycles. The standard InChI is InChI=1S/C19H26N6OS/c1-11-7-5-8-13-14(11)15-17-22-16(18(26)20-9-6-10-24(3)4)23-25(17)12(2)21-19(15)27-13/h11H,5-10H2,1-4H3,(H,20,26)/t11-/m0/s1. The summed E-state index contributed by atoms with van der Waals surface area (Å²) >= 11 is 1.77. The van der Waals surface area contributed by atoms with Crippen LogP contribution in [0.25, 0.3) is 15.9 Å². The number of nitrogens with one attached hydrogen (secondary N) is 1. The second kappa shape index (κ2) is 7.16. The molecule has 3 aromatic rings. The van der Waals surface area contributed by atoms with E-state index in [-0.39, 0.29) is 11.7 Å². The Labute approximate surface area is 162 Å². The van der Waals surface area contributed by atoms with E-state index in [9.17, 15) is 4.79 Å². The van der Waals surface area contributed by atoms with E-state index in [1.807, 2.05) is 21.0 Å². The molecule has 0 radical (unpaired) electrons. The van der Waals surface area contributed by atoms with Crippen molar-refractivity contribution in [3.63, 3.8) is 0 Å². The number of aromatic nitrogens is 4. The zero-order valence-corrected chi connectivity index (χ0v) is 17.2.